The quantitative estimate of drug-likeness (QED) is 0.808. The molecule has 2 nitrogen and oxygen atoms in total. The van der Waals surface area contributed by atoms with Gasteiger partial charge in [0.25, 0.3) is 0 Å². The van der Waals surface area contributed by atoms with Crippen LogP contribution in [0.2, 0.25) is 0 Å². The van der Waals surface area contributed by atoms with E-state index in [9.17, 15) is 0 Å². The monoisotopic (exact) mass is 235 g/mol. The van der Waals surface area contributed by atoms with E-state index >= 15 is 0 Å². The summed E-state index contributed by atoms with van der Waals surface area (Å²) < 4.78 is 0. The van der Waals surface area contributed by atoms with Crippen molar-refractivity contribution >= 4 is 11.3 Å². The normalized spacial score (nSPS) is 14.9. The van der Waals surface area contributed by atoms with E-state index in [4.69, 9.17) is 5.11 Å². The third kappa shape index (κ3) is 3.34. The molecule has 0 saturated heterocycles. The average molecular weight is 235 g/mol. The standard InChI is InChI=1S/C13H17NOS/c1-14(11-5-6-11)10-13-8-7-12(16-13)4-2-3-9-15/h7-8,11,15H,3,5-6,9-10H2,1H3. The van der Waals surface area contributed by atoms with Gasteiger partial charge < -0.3 is 5.11 Å². The molecule has 1 aromatic heterocycles. The maximum Gasteiger partial charge on any atom is 0.0771 e. The molecule has 0 bridgehead atoms. The van der Waals surface area contributed by atoms with Crippen molar-refractivity contribution in [2.45, 2.75) is 31.8 Å². The fourth-order valence-corrected chi connectivity index (χ4v) is 2.57. The van der Waals surface area contributed by atoms with Crippen LogP contribution in [0.4, 0.5) is 0 Å². The Morgan fingerprint density at radius 1 is 1.50 bits per heavy atom. The fraction of sp³-hybridized carbons (Fsp3) is 0.538. The molecule has 0 unspecified atom stereocenters. The third-order valence-electron chi connectivity index (χ3n) is 2.69. The summed E-state index contributed by atoms with van der Waals surface area (Å²) in [6.45, 7) is 1.19. The maximum absolute atomic E-state index is 8.63. The molecular formula is C13H17NOS. The molecule has 0 aliphatic heterocycles. The van der Waals surface area contributed by atoms with Crippen LogP contribution in [0.3, 0.4) is 0 Å². The molecule has 0 spiro atoms. The highest BCUT2D eigenvalue weighted by molar-refractivity contribution is 7.12. The van der Waals surface area contributed by atoms with Crippen LogP contribution in [-0.4, -0.2) is 29.7 Å². The number of thiophene rings is 1. The highest BCUT2D eigenvalue weighted by Crippen LogP contribution is 2.28. The van der Waals surface area contributed by atoms with Crippen molar-refractivity contribution < 1.29 is 5.11 Å². The Bertz CT molecular complexity index is 398. The van der Waals surface area contributed by atoms with Gasteiger partial charge in [-0.3, -0.25) is 4.90 Å². The van der Waals surface area contributed by atoms with Gasteiger partial charge in [-0.05, 0) is 32.0 Å². The Kier molecular flexibility index (Phi) is 4.00. The molecule has 1 fully saturated rings. The van der Waals surface area contributed by atoms with Crippen LogP contribution in [0.5, 0.6) is 0 Å². The molecular weight excluding hydrogens is 218 g/mol. The lowest BCUT2D eigenvalue weighted by molar-refractivity contribution is 0.305. The first-order valence-electron chi connectivity index (χ1n) is 5.68. The van der Waals surface area contributed by atoms with Crippen molar-refractivity contribution in [1.82, 2.24) is 4.90 Å². The minimum atomic E-state index is 0.148. The lowest BCUT2D eigenvalue weighted by Gasteiger charge is -2.13. The highest BCUT2D eigenvalue weighted by Gasteiger charge is 2.25. The summed E-state index contributed by atoms with van der Waals surface area (Å²) in [7, 11) is 2.19. The number of rotatable bonds is 4. The van der Waals surface area contributed by atoms with Crippen LogP contribution in [0.15, 0.2) is 12.1 Å². The van der Waals surface area contributed by atoms with Gasteiger partial charge in [0.1, 0.15) is 0 Å². The van der Waals surface area contributed by atoms with E-state index < -0.39 is 0 Å². The predicted molar refractivity (Wildman–Crippen MR) is 67.4 cm³/mol. The van der Waals surface area contributed by atoms with Gasteiger partial charge in [-0.1, -0.05) is 11.8 Å². The first-order valence-corrected chi connectivity index (χ1v) is 6.50. The number of aliphatic hydroxyl groups excluding tert-OH is 1. The summed E-state index contributed by atoms with van der Waals surface area (Å²) in [5, 5.41) is 8.63. The van der Waals surface area contributed by atoms with Gasteiger partial charge in [0.05, 0.1) is 11.5 Å². The van der Waals surface area contributed by atoms with Crippen LogP contribution in [-0.2, 0) is 6.54 Å². The Balaban J connectivity index is 1.89. The van der Waals surface area contributed by atoms with Crippen LogP contribution in [0, 0.1) is 11.8 Å². The Hall–Kier alpha value is -0.820. The first-order chi connectivity index (χ1) is 7.79. The van der Waals surface area contributed by atoms with Crippen LogP contribution in [0.1, 0.15) is 29.0 Å². The topological polar surface area (TPSA) is 23.5 Å². The molecule has 2 rings (SSSR count). The second-order valence-corrected chi connectivity index (χ2v) is 5.36. The van der Waals surface area contributed by atoms with Crippen molar-refractivity contribution in [3.05, 3.63) is 21.9 Å². The SMILES string of the molecule is CN(Cc1ccc(C#CCCO)s1)C1CC1. The van der Waals surface area contributed by atoms with Crippen LogP contribution >= 0.6 is 11.3 Å². The smallest absolute Gasteiger partial charge is 0.0771 e. The summed E-state index contributed by atoms with van der Waals surface area (Å²) in [5.74, 6) is 6.02. The van der Waals surface area contributed by atoms with Gasteiger partial charge in [-0.25, -0.2) is 0 Å². The molecule has 1 N–H and O–H groups in total. The van der Waals surface area contributed by atoms with E-state index in [1.165, 1.54) is 17.7 Å². The Morgan fingerprint density at radius 2 is 2.31 bits per heavy atom. The minimum absolute atomic E-state index is 0.148. The molecule has 1 aromatic rings. The summed E-state index contributed by atoms with van der Waals surface area (Å²) in [4.78, 5) is 4.90. The van der Waals surface area contributed by atoms with Crippen molar-refractivity contribution in [2.75, 3.05) is 13.7 Å². The van der Waals surface area contributed by atoms with E-state index in [0.717, 1.165) is 17.5 Å². The van der Waals surface area contributed by atoms with Gasteiger partial charge in [0, 0.05) is 23.9 Å². The van der Waals surface area contributed by atoms with Gasteiger partial charge >= 0.3 is 0 Å². The molecule has 1 aliphatic rings. The van der Waals surface area contributed by atoms with Crippen molar-refractivity contribution in [3.8, 4) is 11.8 Å². The van der Waals surface area contributed by atoms with Gasteiger partial charge in [-0.2, -0.15) is 0 Å². The van der Waals surface area contributed by atoms with E-state index in [1.54, 1.807) is 11.3 Å². The lowest BCUT2D eigenvalue weighted by atomic mass is 10.4. The zero-order valence-electron chi connectivity index (χ0n) is 9.57. The van der Waals surface area contributed by atoms with Gasteiger partial charge in [-0.15, -0.1) is 11.3 Å². The second kappa shape index (κ2) is 5.49. The molecule has 1 saturated carbocycles. The fourth-order valence-electron chi connectivity index (χ4n) is 1.63. The highest BCUT2D eigenvalue weighted by atomic mass is 32.1. The van der Waals surface area contributed by atoms with Gasteiger partial charge in [0.15, 0.2) is 0 Å². The third-order valence-corrected chi connectivity index (χ3v) is 3.67. The van der Waals surface area contributed by atoms with E-state index in [0.29, 0.717) is 6.42 Å². The Labute approximate surface area is 101 Å². The predicted octanol–water partition coefficient (Wildman–Crippen LogP) is 2.08. The number of hydrogen-bond acceptors (Lipinski definition) is 3. The van der Waals surface area contributed by atoms with Crippen LogP contribution in [0.25, 0.3) is 0 Å². The van der Waals surface area contributed by atoms with Gasteiger partial charge in [0.2, 0.25) is 0 Å². The zero-order valence-corrected chi connectivity index (χ0v) is 10.4. The van der Waals surface area contributed by atoms with Crippen molar-refractivity contribution in [2.24, 2.45) is 0 Å². The average Bonchev–Trinajstić information content (AvgIpc) is 3.03. The summed E-state index contributed by atoms with van der Waals surface area (Å²) in [6, 6.07) is 5.04. The minimum Gasteiger partial charge on any atom is -0.395 e. The van der Waals surface area contributed by atoms with Crippen LogP contribution < -0.4 is 0 Å². The molecule has 16 heavy (non-hydrogen) atoms. The summed E-state index contributed by atoms with van der Waals surface area (Å²) in [6.07, 6.45) is 3.27. The van der Waals surface area contributed by atoms with E-state index in [-0.39, 0.29) is 6.61 Å². The molecule has 0 atom stereocenters. The summed E-state index contributed by atoms with van der Waals surface area (Å²) >= 11 is 1.76. The largest absolute Gasteiger partial charge is 0.395 e. The second-order valence-electron chi connectivity index (χ2n) is 4.19. The zero-order chi connectivity index (χ0) is 11.4. The van der Waals surface area contributed by atoms with E-state index in [1.807, 2.05) is 0 Å². The Morgan fingerprint density at radius 3 is 3.00 bits per heavy atom. The number of aliphatic hydroxyl groups is 1. The summed E-state index contributed by atoms with van der Waals surface area (Å²) in [5.41, 5.74) is 0. The van der Waals surface area contributed by atoms with Crippen molar-refractivity contribution in [1.29, 1.82) is 0 Å². The van der Waals surface area contributed by atoms with Crippen molar-refractivity contribution in [3.63, 3.8) is 0 Å². The molecule has 0 radical (unpaired) electrons. The molecule has 3 heteroatoms. The molecule has 86 valence electrons. The molecule has 0 amide bonds. The van der Waals surface area contributed by atoms with E-state index in [2.05, 4.69) is 35.9 Å². The number of hydrogen-bond donors (Lipinski definition) is 1. The lowest BCUT2D eigenvalue weighted by Crippen LogP contribution is -2.19. The molecule has 1 aliphatic carbocycles. The number of nitrogens with zero attached hydrogens (tertiary/aromatic N) is 1. The molecule has 1 heterocycles. The molecule has 0 aromatic carbocycles. The first kappa shape index (κ1) is 11.7. The maximum atomic E-state index is 8.63.